The van der Waals surface area contributed by atoms with Gasteiger partial charge in [-0.25, -0.2) is 9.67 Å². The first-order chi connectivity index (χ1) is 15.7. The van der Waals surface area contributed by atoms with Gasteiger partial charge in [-0.3, -0.25) is 9.59 Å². The van der Waals surface area contributed by atoms with Crippen LogP contribution in [0.2, 0.25) is 0 Å². The fourth-order valence-corrected chi connectivity index (χ4v) is 5.40. The number of piperidine rings is 1. The zero-order valence-corrected chi connectivity index (χ0v) is 20.9. The topological polar surface area (TPSA) is 77.3 Å². The molecule has 1 fully saturated rings. The molecule has 8 heteroatoms. The van der Waals surface area contributed by atoms with Gasteiger partial charge in [0.25, 0.3) is 11.5 Å². The van der Waals surface area contributed by atoms with Crippen molar-refractivity contribution in [3.05, 3.63) is 61.5 Å². The summed E-state index contributed by atoms with van der Waals surface area (Å²) in [6.45, 7) is 11.0. The van der Waals surface area contributed by atoms with E-state index in [1.54, 1.807) is 7.05 Å². The van der Waals surface area contributed by atoms with Crippen LogP contribution >= 0.6 is 11.3 Å². The number of amides is 1. The first-order valence-electron chi connectivity index (χ1n) is 11.2. The van der Waals surface area contributed by atoms with Crippen LogP contribution in [0.15, 0.2) is 23.0 Å². The number of nitrogens with zero attached hydrogens (tertiary/aromatic N) is 4. The molecule has 1 saturated heterocycles. The number of hydrogen-bond donors (Lipinski definition) is 0. The number of para-hydroxylation sites is 1. The maximum Gasteiger partial charge on any atom is 0.277 e. The lowest BCUT2D eigenvalue weighted by atomic mass is 10.1. The molecule has 1 aromatic carbocycles. The minimum absolute atomic E-state index is 0.0259. The molecule has 174 valence electrons. The van der Waals surface area contributed by atoms with Crippen LogP contribution in [0.3, 0.4) is 0 Å². The molecule has 0 saturated carbocycles. The first kappa shape index (κ1) is 23.2. The van der Waals surface area contributed by atoms with Gasteiger partial charge in [-0.1, -0.05) is 18.2 Å². The summed E-state index contributed by atoms with van der Waals surface area (Å²) in [6.07, 6.45) is 1.67. The van der Waals surface area contributed by atoms with Gasteiger partial charge in [0.1, 0.15) is 21.7 Å². The van der Waals surface area contributed by atoms with E-state index in [0.717, 1.165) is 41.0 Å². The Morgan fingerprint density at radius 2 is 1.70 bits per heavy atom. The number of benzene rings is 1. The third kappa shape index (κ3) is 4.44. The number of likely N-dealkylation sites (tertiary alicyclic amines) is 1. The van der Waals surface area contributed by atoms with Gasteiger partial charge in [-0.15, -0.1) is 11.3 Å². The molecule has 0 aliphatic carbocycles. The Bertz CT molecular complexity index is 1250. The second-order valence-electron chi connectivity index (χ2n) is 8.78. The van der Waals surface area contributed by atoms with Crippen molar-refractivity contribution >= 4 is 17.2 Å². The summed E-state index contributed by atoms with van der Waals surface area (Å²) in [5.74, 6) is 0.928. The summed E-state index contributed by atoms with van der Waals surface area (Å²) in [4.78, 5) is 33.1. The normalized spacial score (nSPS) is 14.5. The fraction of sp³-hybridized carbons (Fsp3) is 0.440. The SMILES string of the molecule is Cc1cccc(C)c1OC1CCN(C(=O)c2sc(-c3c(C)c(C)nn(C)c3=O)nc2C)CC1. The average molecular weight is 467 g/mol. The Hall–Kier alpha value is -3.00. The van der Waals surface area contributed by atoms with E-state index in [0.29, 0.717) is 34.2 Å². The van der Waals surface area contributed by atoms with E-state index in [-0.39, 0.29) is 17.6 Å². The van der Waals surface area contributed by atoms with Crippen LogP contribution in [-0.4, -0.2) is 44.8 Å². The third-order valence-corrected chi connectivity index (χ3v) is 7.52. The predicted octanol–water partition coefficient (Wildman–Crippen LogP) is 4.13. The molecule has 3 aromatic rings. The van der Waals surface area contributed by atoms with E-state index < -0.39 is 0 Å². The van der Waals surface area contributed by atoms with E-state index in [2.05, 4.69) is 36.1 Å². The maximum atomic E-state index is 13.3. The summed E-state index contributed by atoms with van der Waals surface area (Å²) in [5, 5.41) is 4.81. The zero-order valence-electron chi connectivity index (χ0n) is 20.1. The van der Waals surface area contributed by atoms with Crippen molar-refractivity contribution in [2.75, 3.05) is 13.1 Å². The second kappa shape index (κ2) is 9.09. The summed E-state index contributed by atoms with van der Waals surface area (Å²) in [5.41, 5.74) is 4.83. The highest BCUT2D eigenvalue weighted by Crippen LogP contribution is 2.31. The van der Waals surface area contributed by atoms with Gasteiger partial charge in [-0.2, -0.15) is 5.10 Å². The molecule has 0 spiro atoms. The van der Waals surface area contributed by atoms with Crippen LogP contribution in [0.1, 0.15) is 50.6 Å². The number of rotatable bonds is 4. The molecular weight excluding hydrogens is 436 g/mol. The molecule has 0 bridgehead atoms. The van der Waals surface area contributed by atoms with E-state index in [1.807, 2.05) is 31.7 Å². The molecule has 0 N–H and O–H groups in total. The standard InChI is InChI=1S/C25H30N4O3S/c1-14-8-7-9-15(2)21(14)32-19-10-12-29(13-11-19)25(31)22-18(5)26-23(33-22)20-16(3)17(4)27-28(6)24(20)30/h7-9,19H,10-13H2,1-6H3. The van der Waals surface area contributed by atoms with Gasteiger partial charge >= 0.3 is 0 Å². The number of aryl methyl sites for hydroxylation is 5. The number of hydrogen-bond acceptors (Lipinski definition) is 6. The van der Waals surface area contributed by atoms with Crippen molar-refractivity contribution in [2.45, 2.75) is 53.6 Å². The van der Waals surface area contributed by atoms with Crippen molar-refractivity contribution in [2.24, 2.45) is 7.05 Å². The molecule has 0 radical (unpaired) electrons. The number of aromatic nitrogens is 3. The van der Waals surface area contributed by atoms with Crippen LogP contribution < -0.4 is 10.3 Å². The molecule has 0 unspecified atom stereocenters. The Labute approximate surface area is 198 Å². The summed E-state index contributed by atoms with van der Waals surface area (Å²) in [7, 11) is 1.63. The summed E-state index contributed by atoms with van der Waals surface area (Å²) in [6, 6.07) is 6.16. The molecule has 1 aliphatic rings. The Kier molecular flexibility index (Phi) is 6.38. The van der Waals surface area contributed by atoms with Crippen molar-refractivity contribution < 1.29 is 9.53 Å². The highest BCUT2D eigenvalue weighted by molar-refractivity contribution is 7.17. The maximum absolute atomic E-state index is 13.3. The lowest BCUT2D eigenvalue weighted by Crippen LogP contribution is -2.41. The van der Waals surface area contributed by atoms with E-state index in [9.17, 15) is 9.59 Å². The van der Waals surface area contributed by atoms with E-state index in [1.165, 1.54) is 16.0 Å². The third-order valence-electron chi connectivity index (χ3n) is 6.35. The second-order valence-corrected chi connectivity index (χ2v) is 9.78. The summed E-state index contributed by atoms with van der Waals surface area (Å²) < 4.78 is 7.62. The van der Waals surface area contributed by atoms with Crippen molar-refractivity contribution in [1.82, 2.24) is 19.7 Å². The average Bonchev–Trinajstić information content (AvgIpc) is 3.16. The molecule has 4 rings (SSSR count). The zero-order chi connectivity index (χ0) is 23.9. The van der Waals surface area contributed by atoms with E-state index >= 15 is 0 Å². The highest BCUT2D eigenvalue weighted by Gasteiger charge is 2.28. The van der Waals surface area contributed by atoms with Gasteiger partial charge < -0.3 is 9.64 Å². The number of carbonyl (C=O) groups is 1. The molecule has 3 heterocycles. The molecular formula is C25H30N4O3S. The van der Waals surface area contributed by atoms with E-state index in [4.69, 9.17) is 4.74 Å². The number of ether oxygens (including phenoxy) is 1. The van der Waals surface area contributed by atoms with Crippen LogP contribution in [0.5, 0.6) is 5.75 Å². The Balaban J connectivity index is 1.50. The van der Waals surface area contributed by atoms with Crippen molar-refractivity contribution in [3.8, 4) is 16.3 Å². The predicted molar refractivity (Wildman–Crippen MR) is 130 cm³/mol. The smallest absolute Gasteiger partial charge is 0.277 e. The van der Waals surface area contributed by atoms with Crippen LogP contribution in [-0.2, 0) is 7.05 Å². The van der Waals surface area contributed by atoms with Crippen LogP contribution in [0, 0.1) is 34.6 Å². The quantitative estimate of drug-likeness (QED) is 0.578. The minimum Gasteiger partial charge on any atom is -0.490 e. The van der Waals surface area contributed by atoms with Gasteiger partial charge in [0.2, 0.25) is 0 Å². The van der Waals surface area contributed by atoms with Crippen LogP contribution in [0.25, 0.3) is 10.6 Å². The van der Waals surface area contributed by atoms with Gasteiger partial charge in [0.15, 0.2) is 0 Å². The fourth-order valence-electron chi connectivity index (χ4n) is 4.27. The molecule has 1 aliphatic heterocycles. The lowest BCUT2D eigenvalue weighted by Gasteiger charge is -2.32. The number of thiazole rings is 1. The highest BCUT2D eigenvalue weighted by atomic mass is 32.1. The Morgan fingerprint density at radius 1 is 1.06 bits per heavy atom. The van der Waals surface area contributed by atoms with Gasteiger partial charge in [-0.05, 0) is 51.3 Å². The van der Waals surface area contributed by atoms with Crippen molar-refractivity contribution in [1.29, 1.82) is 0 Å². The summed E-state index contributed by atoms with van der Waals surface area (Å²) >= 11 is 1.29. The minimum atomic E-state index is -0.199. The van der Waals surface area contributed by atoms with Crippen molar-refractivity contribution in [3.63, 3.8) is 0 Å². The molecule has 7 nitrogen and oxygen atoms in total. The number of carbonyl (C=O) groups excluding carboxylic acids is 1. The molecule has 0 atom stereocenters. The molecule has 1 amide bonds. The monoisotopic (exact) mass is 466 g/mol. The molecule has 33 heavy (non-hydrogen) atoms. The first-order valence-corrected chi connectivity index (χ1v) is 12.0. The lowest BCUT2D eigenvalue weighted by molar-refractivity contribution is 0.0596. The van der Waals surface area contributed by atoms with Gasteiger partial charge in [0, 0.05) is 33.0 Å². The Morgan fingerprint density at radius 3 is 2.33 bits per heavy atom. The largest absolute Gasteiger partial charge is 0.490 e. The molecule has 2 aromatic heterocycles. The van der Waals surface area contributed by atoms with Crippen LogP contribution in [0.4, 0.5) is 0 Å². The van der Waals surface area contributed by atoms with Gasteiger partial charge in [0.05, 0.1) is 17.0 Å².